The van der Waals surface area contributed by atoms with E-state index >= 15 is 0 Å². The van der Waals surface area contributed by atoms with Crippen molar-refractivity contribution in [3.63, 3.8) is 0 Å². The Morgan fingerprint density at radius 2 is 1.80 bits per heavy atom. The van der Waals surface area contributed by atoms with Gasteiger partial charge in [0.05, 0.1) is 6.10 Å². The maximum atomic E-state index is 9.44. The molecule has 1 rings (SSSR count). The third-order valence-electron chi connectivity index (χ3n) is 4.44. The SMILES string of the molecule is CC(O)CCN(C)CC1(CNC(C)(C)C)CCCCC1. The molecule has 0 aromatic carbocycles. The van der Waals surface area contributed by atoms with Gasteiger partial charge in [0.15, 0.2) is 0 Å². The van der Waals surface area contributed by atoms with Crippen LogP contribution in [0, 0.1) is 5.41 Å². The van der Waals surface area contributed by atoms with E-state index in [4.69, 9.17) is 0 Å². The van der Waals surface area contributed by atoms with Gasteiger partial charge >= 0.3 is 0 Å². The second-order valence-electron chi connectivity index (χ2n) is 8.04. The van der Waals surface area contributed by atoms with Crippen molar-refractivity contribution >= 4 is 0 Å². The molecule has 0 bridgehead atoms. The lowest BCUT2D eigenvalue weighted by molar-refractivity contribution is 0.0961. The quantitative estimate of drug-likeness (QED) is 0.754. The molecule has 3 heteroatoms. The van der Waals surface area contributed by atoms with Crippen LogP contribution in [0.15, 0.2) is 0 Å². The molecule has 1 aliphatic rings. The normalized spacial score (nSPS) is 21.1. The summed E-state index contributed by atoms with van der Waals surface area (Å²) in [6, 6.07) is 0. The highest BCUT2D eigenvalue weighted by Crippen LogP contribution is 2.36. The Bertz CT molecular complexity index is 265. The first-order chi connectivity index (χ1) is 9.22. The van der Waals surface area contributed by atoms with E-state index < -0.39 is 0 Å². The molecule has 3 nitrogen and oxygen atoms in total. The molecule has 20 heavy (non-hydrogen) atoms. The average molecular weight is 284 g/mol. The number of hydrogen-bond donors (Lipinski definition) is 2. The predicted molar refractivity (Wildman–Crippen MR) is 87.1 cm³/mol. The second kappa shape index (κ2) is 7.77. The fourth-order valence-corrected chi connectivity index (χ4v) is 3.20. The molecular weight excluding hydrogens is 248 g/mol. The minimum absolute atomic E-state index is 0.188. The summed E-state index contributed by atoms with van der Waals surface area (Å²) in [7, 11) is 2.20. The van der Waals surface area contributed by atoms with Crippen LogP contribution in [0.5, 0.6) is 0 Å². The van der Waals surface area contributed by atoms with Gasteiger partial charge in [-0.3, -0.25) is 0 Å². The number of hydrogen-bond acceptors (Lipinski definition) is 3. The largest absolute Gasteiger partial charge is 0.393 e. The van der Waals surface area contributed by atoms with Crippen LogP contribution >= 0.6 is 0 Å². The molecule has 0 aliphatic heterocycles. The predicted octanol–water partition coefficient (Wildman–Crippen LogP) is 3.03. The van der Waals surface area contributed by atoms with E-state index in [-0.39, 0.29) is 11.6 Å². The Balaban J connectivity index is 2.54. The minimum atomic E-state index is -0.188. The summed E-state index contributed by atoms with van der Waals surface area (Å²) in [4.78, 5) is 2.42. The van der Waals surface area contributed by atoms with Crippen LogP contribution in [0.1, 0.15) is 66.2 Å². The summed E-state index contributed by atoms with van der Waals surface area (Å²) in [5.74, 6) is 0. The van der Waals surface area contributed by atoms with Gasteiger partial charge in [0.25, 0.3) is 0 Å². The molecule has 0 radical (unpaired) electrons. The molecule has 1 aliphatic carbocycles. The number of rotatable bonds is 7. The summed E-state index contributed by atoms with van der Waals surface area (Å²) in [6.45, 7) is 11.9. The van der Waals surface area contributed by atoms with Gasteiger partial charge in [-0.1, -0.05) is 19.3 Å². The maximum Gasteiger partial charge on any atom is 0.0524 e. The van der Waals surface area contributed by atoms with Gasteiger partial charge in [-0.15, -0.1) is 0 Å². The van der Waals surface area contributed by atoms with Gasteiger partial charge in [0, 0.05) is 25.2 Å². The summed E-state index contributed by atoms with van der Waals surface area (Å²) in [5, 5.41) is 13.2. The highest BCUT2D eigenvalue weighted by molar-refractivity contribution is 4.89. The Kier molecular flexibility index (Phi) is 6.96. The van der Waals surface area contributed by atoms with Gasteiger partial charge in [0.2, 0.25) is 0 Å². The molecule has 1 saturated carbocycles. The molecule has 0 aromatic rings. The Labute approximate surface area is 126 Å². The summed E-state index contributed by atoms with van der Waals surface area (Å²) in [5.41, 5.74) is 0.627. The first kappa shape index (κ1) is 17.9. The van der Waals surface area contributed by atoms with Crippen LogP contribution in [0.4, 0.5) is 0 Å². The molecule has 120 valence electrons. The molecule has 0 amide bonds. The molecule has 1 atom stereocenters. The average Bonchev–Trinajstić information content (AvgIpc) is 2.34. The standard InChI is InChI=1S/C17H36N2O/c1-15(20)9-12-19(5)14-17(10-7-6-8-11-17)13-18-16(2,3)4/h15,18,20H,6-14H2,1-5H3. The topological polar surface area (TPSA) is 35.5 Å². The zero-order valence-corrected chi connectivity index (χ0v) is 14.3. The number of nitrogens with one attached hydrogen (secondary N) is 1. The Hall–Kier alpha value is -0.120. The van der Waals surface area contributed by atoms with Crippen molar-refractivity contribution in [2.75, 3.05) is 26.7 Å². The molecule has 0 spiro atoms. The van der Waals surface area contributed by atoms with Gasteiger partial charge in [-0.2, -0.15) is 0 Å². The lowest BCUT2D eigenvalue weighted by atomic mass is 9.73. The first-order valence-corrected chi connectivity index (χ1v) is 8.34. The summed E-state index contributed by atoms with van der Waals surface area (Å²) in [6.07, 6.45) is 7.51. The number of nitrogens with zero attached hydrogens (tertiary/aromatic N) is 1. The van der Waals surface area contributed by atoms with Crippen molar-refractivity contribution in [2.24, 2.45) is 5.41 Å². The van der Waals surface area contributed by atoms with E-state index in [0.29, 0.717) is 5.41 Å². The Morgan fingerprint density at radius 1 is 1.20 bits per heavy atom. The molecule has 0 aromatic heterocycles. The molecule has 1 fully saturated rings. The number of aliphatic hydroxyl groups is 1. The van der Waals surface area contributed by atoms with Crippen LogP contribution < -0.4 is 5.32 Å². The van der Waals surface area contributed by atoms with Crippen LogP contribution in [0.2, 0.25) is 0 Å². The molecule has 0 saturated heterocycles. The smallest absolute Gasteiger partial charge is 0.0524 e. The monoisotopic (exact) mass is 284 g/mol. The minimum Gasteiger partial charge on any atom is -0.393 e. The summed E-state index contributed by atoms with van der Waals surface area (Å²) < 4.78 is 0. The maximum absolute atomic E-state index is 9.44. The lowest BCUT2D eigenvalue weighted by Gasteiger charge is -2.42. The fourth-order valence-electron chi connectivity index (χ4n) is 3.20. The van der Waals surface area contributed by atoms with Crippen molar-refractivity contribution in [3.05, 3.63) is 0 Å². The van der Waals surface area contributed by atoms with E-state index in [0.717, 1.165) is 26.1 Å². The third kappa shape index (κ3) is 7.05. The zero-order chi connectivity index (χ0) is 15.2. The van der Waals surface area contributed by atoms with E-state index in [2.05, 4.69) is 38.0 Å². The third-order valence-corrected chi connectivity index (χ3v) is 4.44. The van der Waals surface area contributed by atoms with Crippen LogP contribution in [0.25, 0.3) is 0 Å². The molecule has 0 heterocycles. The van der Waals surface area contributed by atoms with E-state index in [1.807, 2.05) is 6.92 Å². The highest BCUT2D eigenvalue weighted by atomic mass is 16.3. The van der Waals surface area contributed by atoms with Crippen molar-refractivity contribution in [3.8, 4) is 0 Å². The van der Waals surface area contributed by atoms with E-state index in [1.54, 1.807) is 0 Å². The lowest BCUT2D eigenvalue weighted by Crippen LogP contribution is -2.49. The Morgan fingerprint density at radius 3 is 2.30 bits per heavy atom. The van der Waals surface area contributed by atoms with Crippen molar-refractivity contribution in [1.29, 1.82) is 0 Å². The van der Waals surface area contributed by atoms with Gasteiger partial charge in [-0.25, -0.2) is 0 Å². The highest BCUT2D eigenvalue weighted by Gasteiger charge is 2.33. The van der Waals surface area contributed by atoms with E-state index in [9.17, 15) is 5.11 Å². The van der Waals surface area contributed by atoms with Gasteiger partial charge < -0.3 is 15.3 Å². The van der Waals surface area contributed by atoms with Gasteiger partial charge in [-0.05, 0) is 59.4 Å². The van der Waals surface area contributed by atoms with E-state index in [1.165, 1.54) is 32.1 Å². The van der Waals surface area contributed by atoms with Crippen LogP contribution in [-0.4, -0.2) is 48.3 Å². The zero-order valence-electron chi connectivity index (χ0n) is 14.3. The van der Waals surface area contributed by atoms with Crippen molar-refractivity contribution in [2.45, 2.75) is 77.9 Å². The molecule has 2 N–H and O–H groups in total. The summed E-state index contributed by atoms with van der Waals surface area (Å²) >= 11 is 0. The fraction of sp³-hybridized carbons (Fsp3) is 1.00. The molecular formula is C17H36N2O. The molecule has 1 unspecified atom stereocenters. The van der Waals surface area contributed by atoms with Crippen molar-refractivity contribution in [1.82, 2.24) is 10.2 Å². The van der Waals surface area contributed by atoms with Crippen LogP contribution in [-0.2, 0) is 0 Å². The van der Waals surface area contributed by atoms with Crippen LogP contribution in [0.3, 0.4) is 0 Å². The number of aliphatic hydroxyl groups excluding tert-OH is 1. The van der Waals surface area contributed by atoms with Gasteiger partial charge in [0.1, 0.15) is 0 Å². The first-order valence-electron chi connectivity index (χ1n) is 8.34. The second-order valence-corrected chi connectivity index (χ2v) is 8.04. The van der Waals surface area contributed by atoms with Crippen molar-refractivity contribution < 1.29 is 5.11 Å².